The van der Waals surface area contributed by atoms with Crippen LogP contribution >= 0.6 is 15.9 Å². The van der Waals surface area contributed by atoms with Crippen LogP contribution in [0.3, 0.4) is 0 Å². The Morgan fingerprint density at radius 3 is 2.83 bits per heavy atom. The van der Waals surface area contributed by atoms with Crippen LogP contribution in [0.25, 0.3) is 0 Å². The maximum absolute atomic E-state index is 10.9. The average Bonchev–Trinajstić information content (AvgIpc) is 2.06. The summed E-state index contributed by atoms with van der Waals surface area (Å²) in [5.74, 6) is -0.186. The van der Waals surface area contributed by atoms with Gasteiger partial charge in [0.05, 0.1) is 6.26 Å². The number of hydrogen-bond donors (Lipinski definition) is 0. The number of allylic oxidation sites excluding steroid dienone is 2. The molecule has 0 fully saturated rings. The Labute approximate surface area is 81.4 Å². The van der Waals surface area contributed by atoms with Gasteiger partial charge in [-0.1, -0.05) is 28.6 Å². The first-order valence-corrected chi connectivity index (χ1v) is 4.96. The molecule has 2 nitrogen and oxygen atoms in total. The van der Waals surface area contributed by atoms with Gasteiger partial charge in [-0.25, -0.2) is 0 Å². The lowest BCUT2D eigenvalue weighted by atomic mass is 10.2. The summed E-state index contributed by atoms with van der Waals surface area (Å²) in [4.78, 5) is 10.9. The largest absolute Gasteiger partial charge is 0.434 e. The zero-order chi connectivity index (χ0) is 9.23. The first-order valence-electron chi connectivity index (χ1n) is 3.84. The lowest BCUT2D eigenvalue weighted by molar-refractivity contribution is -0.138. The van der Waals surface area contributed by atoms with Gasteiger partial charge < -0.3 is 4.74 Å². The van der Waals surface area contributed by atoms with Crippen molar-refractivity contribution in [3.8, 4) is 0 Å². The molecule has 0 radical (unpaired) electrons. The molecule has 68 valence electrons. The number of unbranched alkanes of at least 4 members (excludes halogenated alkanes) is 1. The van der Waals surface area contributed by atoms with E-state index in [1.807, 2.05) is 0 Å². The van der Waals surface area contributed by atoms with E-state index in [9.17, 15) is 4.79 Å². The van der Waals surface area contributed by atoms with Crippen molar-refractivity contribution in [1.29, 1.82) is 0 Å². The molecule has 3 heteroatoms. The molecule has 0 aliphatic heterocycles. The maximum atomic E-state index is 10.9. The van der Waals surface area contributed by atoms with Gasteiger partial charge in [-0.05, 0) is 18.9 Å². The molecular weight excluding hydrogens is 220 g/mol. The Morgan fingerprint density at radius 2 is 2.25 bits per heavy atom. The Bertz CT molecular complexity index is 164. The van der Waals surface area contributed by atoms with E-state index >= 15 is 0 Å². The summed E-state index contributed by atoms with van der Waals surface area (Å²) in [7, 11) is 0. The van der Waals surface area contributed by atoms with E-state index in [2.05, 4.69) is 22.5 Å². The minimum absolute atomic E-state index is 0.186. The Balaban J connectivity index is 3.33. The van der Waals surface area contributed by atoms with Crippen LogP contribution in [0.1, 0.15) is 19.3 Å². The van der Waals surface area contributed by atoms with E-state index in [-0.39, 0.29) is 5.97 Å². The molecule has 0 saturated carbocycles. The lowest BCUT2D eigenvalue weighted by Gasteiger charge is -1.96. The molecule has 0 atom stereocenters. The van der Waals surface area contributed by atoms with Gasteiger partial charge in [-0.15, -0.1) is 0 Å². The highest BCUT2D eigenvalue weighted by atomic mass is 79.9. The zero-order valence-corrected chi connectivity index (χ0v) is 8.55. The summed E-state index contributed by atoms with van der Waals surface area (Å²) < 4.78 is 4.72. The van der Waals surface area contributed by atoms with Crippen molar-refractivity contribution in [1.82, 2.24) is 0 Å². The Hall–Kier alpha value is -0.570. The van der Waals surface area contributed by atoms with Crippen molar-refractivity contribution >= 4 is 21.9 Å². The monoisotopic (exact) mass is 232 g/mol. The fourth-order valence-electron chi connectivity index (χ4n) is 0.593. The minimum atomic E-state index is -0.186. The summed E-state index contributed by atoms with van der Waals surface area (Å²) in [5.41, 5.74) is 0. The molecule has 0 aromatic rings. The van der Waals surface area contributed by atoms with Crippen molar-refractivity contribution in [2.24, 2.45) is 0 Å². The van der Waals surface area contributed by atoms with Gasteiger partial charge in [0.2, 0.25) is 0 Å². The molecule has 0 amide bonds. The van der Waals surface area contributed by atoms with Crippen LogP contribution < -0.4 is 0 Å². The van der Waals surface area contributed by atoms with Gasteiger partial charge >= 0.3 is 5.97 Å². The number of carbonyl (C=O) groups excluding carboxylic acids is 1. The second kappa shape index (κ2) is 8.53. The fraction of sp³-hybridized carbons (Fsp3) is 0.444. The summed E-state index contributed by atoms with van der Waals surface area (Å²) in [6.45, 7) is 3.45. The molecule has 0 heterocycles. The van der Waals surface area contributed by atoms with Crippen molar-refractivity contribution in [2.45, 2.75) is 19.3 Å². The maximum Gasteiger partial charge on any atom is 0.310 e. The molecule has 0 aliphatic carbocycles. The number of esters is 1. The molecule has 0 N–H and O–H groups in total. The van der Waals surface area contributed by atoms with Crippen LogP contribution in [0.5, 0.6) is 0 Å². The first-order chi connectivity index (χ1) is 5.81. The third kappa shape index (κ3) is 7.54. The van der Waals surface area contributed by atoms with Crippen molar-refractivity contribution < 1.29 is 9.53 Å². The molecule has 0 bridgehead atoms. The summed E-state index contributed by atoms with van der Waals surface area (Å²) in [6, 6.07) is 0. The molecule has 12 heavy (non-hydrogen) atoms. The van der Waals surface area contributed by atoms with Crippen molar-refractivity contribution in [3.05, 3.63) is 25.0 Å². The molecule has 0 aromatic carbocycles. The molecule has 0 aliphatic rings. The predicted octanol–water partition coefficient (Wildman–Crippen LogP) is 2.79. The number of hydrogen-bond acceptors (Lipinski definition) is 2. The van der Waals surface area contributed by atoms with Gasteiger partial charge in [0, 0.05) is 11.8 Å². The summed E-state index contributed by atoms with van der Waals surface area (Å²) >= 11 is 3.28. The van der Waals surface area contributed by atoms with E-state index < -0.39 is 0 Å². The minimum Gasteiger partial charge on any atom is -0.434 e. The highest BCUT2D eigenvalue weighted by Gasteiger charge is 1.98. The molecule has 0 rings (SSSR count). The number of halogens is 1. The first kappa shape index (κ1) is 11.4. The topological polar surface area (TPSA) is 26.3 Å². The van der Waals surface area contributed by atoms with E-state index in [4.69, 9.17) is 4.74 Å². The van der Waals surface area contributed by atoms with Gasteiger partial charge in [0.1, 0.15) is 0 Å². The van der Waals surface area contributed by atoms with Gasteiger partial charge in [-0.2, -0.15) is 0 Å². The van der Waals surface area contributed by atoms with Gasteiger partial charge in [0.25, 0.3) is 0 Å². The number of alkyl halides is 1. The van der Waals surface area contributed by atoms with Crippen molar-refractivity contribution in [3.63, 3.8) is 0 Å². The van der Waals surface area contributed by atoms with Crippen LogP contribution in [0.2, 0.25) is 0 Å². The van der Waals surface area contributed by atoms with Crippen LogP contribution in [0.15, 0.2) is 25.0 Å². The normalized spacial score (nSPS) is 10.1. The van der Waals surface area contributed by atoms with E-state index in [0.29, 0.717) is 6.42 Å². The second-order valence-electron chi connectivity index (χ2n) is 2.20. The molecule has 0 saturated heterocycles. The molecule has 0 spiro atoms. The smallest absolute Gasteiger partial charge is 0.310 e. The molecular formula is C9H13BrO2. The second-order valence-corrected chi connectivity index (χ2v) is 2.99. The van der Waals surface area contributed by atoms with Gasteiger partial charge in [0.15, 0.2) is 0 Å². The zero-order valence-electron chi connectivity index (χ0n) is 6.96. The third-order valence-electron chi connectivity index (χ3n) is 1.18. The van der Waals surface area contributed by atoms with Gasteiger partial charge in [-0.3, -0.25) is 4.79 Å². The molecule has 0 unspecified atom stereocenters. The van der Waals surface area contributed by atoms with Crippen LogP contribution in [0.4, 0.5) is 0 Å². The Kier molecular flexibility index (Phi) is 8.12. The van der Waals surface area contributed by atoms with Crippen LogP contribution in [0, 0.1) is 0 Å². The van der Waals surface area contributed by atoms with Crippen LogP contribution in [-0.2, 0) is 9.53 Å². The highest BCUT2D eigenvalue weighted by molar-refractivity contribution is 9.09. The molecule has 0 aromatic heterocycles. The standard InChI is InChI=1S/C9H13BrO2/c1-2-3-8-12-9(11)6-4-5-7-10/h2-3,8H,1,4-7H2/b8-3+. The number of carbonyl (C=O) groups is 1. The summed E-state index contributed by atoms with van der Waals surface area (Å²) in [6.07, 6.45) is 6.84. The van der Waals surface area contributed by atoms with Crippen molar-refractivity contribution in [2.75, 3.05) is 5.33 Å². The highest BCUT2D eigenvalue weighted by Crippen LogP contribution is 2.00. The fourth-order valence-corrected chi connectivity index (χ4v) is 0.990. The van der Waals surface area contributed by atoms with Crippen LogP contribution in [-0.4, -0.2) is 11.3 Å². The predicted molar refractivity (Wildman–Crippen MR) is 53.1 cm³/mol. The number of rotatable bonds is 6. The Morgan fingerprint density at radius 1 is 1.50 bits per heavy atom. The quantitative estimate of drug-likeness (QED) is 0.232. The lowest BCUT2D eigenvalue weighted by Crippen LogP contribution is -1.98. The van der Waals surface area contributed by atoms with E-state index in [0.717, 1.165) is 18.2 Å². The third-order valence-corrected chi connectivity index (χ3v) is 1.74. The average molecular weight is 233 g/mol. The SMILES string of the molecule is C=C/C=C/OC(=O)CCCCBr. The van der Waals surface area contributed by atoms with E-state index in [1.54, 1.807) is 12.2 Å². The summed E-state index contributed by atoms with van der Waals surface area (Å²) in [5, 5.41) is 0.933. The number of ether oxygens (including phenoxy) is 1. The van der Waals surface area contributed by atoms with E-state index in [1.165, 1.54) is 6.26 Å².